The van der Waals surface area contributed by atoms with Crippen molar-refractivity contribution in [2.45, 2.75) is 58.5 Å². The highest BCUT2D eigenvalue weighted by Crippen LogP contribution is 2.36. The lowest BCUT2D eigenvalue weighted by atomic mass is 9.75. The van der Waals surface area contributed by atoms with Crippen LogP contribution in [0.3, 0.4) is 0 Å². The third-order valence-electron chi connectivity index (χ3n) is 6.28. The van der Waals surface area contributed by atoms with Crippen LogP contribution in [0.1, 0.15) is 52.0 Å². The van der Waals surface area contributed by atoms with Crippen molar-refractivity contribution in [1.29, 1.82) is 0 Å². The van der Waals surface area contributed by atoms with Crippen LogP contribution in [0.25, 0.3) is 0 Å². The summed E-state index contributed by atoms with van der Waals surface area (Å²) in [4.78, 5) is 26.3. The molecule has 3 rings (SSSR count). The van der Waals surface area contributed by atoms with E-state index in [0.717, 1.165) is 45.3 Å². The first-order chi connectivity index (χ1) is 14.2. The number of para-hydroxylation sites is 1. The molecule has 0 radical (unpaired) electrons. The number of piperidine rings is 1. The molecule has 1 aromatic carbocycles. The Bertz CT molecular complexity index is 735. The van der Waals surface area contributed by atoms with Crippen LogP contribution in [0.4, 0.5) is 10.5 Å². The van der Waals surface area contributed by atoms with Crippen molar-refractivity contribution in [3.63, 3.8) is 0 Å². The highest BCUT2D eigenvalue weighted by Gasteiger charge is 2.33. The number of hydrogen-bond donors (Lipinski definition) is 1. The average Bonchev–Trinajstić information content (AvgIpc) is 2.72. The van der Waals surface area contributed by atoms with E-state index in [9.17, 15) is 9.59 Å². The molecule has 2 aliphatic rings. The summed E-state index contributed by atoms with van der Waals surface area (Å²) in [5, 5.41) is 3.54. The summed E-state index contributed by atoms with van der Waals surface area (Å²) in [6.07, 6.45) is 4.12. The third kappa shape index (κ3) is 6.13. The van der Waals surface area contributed by atoms with Crippen LogP contribution in [-0.2, 0) is 20.7 Å². The summed E-state index contributed by atoms with van der Waals surface area (Å²) in [5.41, 5.74) is 2.06. The molecule has 6 heteroatoms. The number of nitrogens with zero attached hydrogens (tertiary/aromatic N) is 1. The molecular weight excluding hydrogens is 380 g/mol. The van der Waals surface area contributed by atoms with E-state index in [2.05, 4.69) is 29.6 Å². The van der Waals surface area contributed by atoms with Crippen molar-refractivity contribution in [2.75, 3.05) is 32.1 Å². The van der Waals surface area contributed by atoms with Crippen LogP contribution in [0.15, 0.2) is 24.3 Å². The highest BCUT2D eigenvalue weighted by atomic mass is 16.6. The van der Waals surface area contributed by atoms with Crippen molar-refractivity contribution in [2.24, 2.45) is 17.8 Å². The van der Waals surface area contributed by atoms with Crippen molar-refractivity contribution in [3.8, 4) is 0 Å². The molecule has 0 bridgehead atoms. The minimum absolute atomic E-state index is 0.134. The van der Waals surface area contributed by atoms with E-state index in [1.807, 2.05) is 25.7 Å². The monoisotopic (exact) mass is 416 g/mol. The Hall–Kier alpha value is -2.24. The number of nitrogens with one attached hydrogen (secondary N) is 1. The molecule has 1 aromatic rings. The Kier molecular flexibility index (Phi) is 7.27. The molecule has 0 aliphatic carbocycles. The van der Waals surface area contributed by atoms with Crippen molar-refractivity contribution in [1.82, 2.24) is 4.90 Å². The topological polar surface area (TPSA) is 67.9 Å². The molecule has 1 fully saturated rings. The Balaban J connectivity index is 1.58. The molecule has 2 atom stereocenters. The van der Waals surface area contributed by atoms with Gasteiger partial charge in [-0.05, 0) is 75.8 Å². The van der Waals surface area contributed by atoms with E-state index < -0.39 is 5.60 Å². The molecule has 2 heterocycles. The number of anilines is 1. The quantitative estimate of drug-likeness (QED) is 0.717. The molecule has 30 heavy (non-hydrogen) atoms. The van der Waals surface area contributed by atoms with Crippen LogP contribution in [-0.4, -0.2) is 49.3 Å². The summed E-state index contributed by atoms with van der Waals surface area (Å²) in [7, 11) is 1.47. The summed E-state index contributed by atoms with van der Waals surface area (Å²) in [6.45, 7) is 8.00. The zero-order valence-electron chi connectivity index (χ0n) is 18.8. The predicted octanol–water partition coefficient (Wildman–Crippen LogP) is 4.49. The minimum Gasteiger partial charge on any atom is -0.469 e. The molecule has 0 aromatic heterocycles. The molecule has 1 saturated heterocycles. The summed E-state index contributed by atoms with van der Waals surface area (Å²) in [6, 6.07) is 8.41. The Morgan fingerprint density at radius 3 is 2.57 bits per heavy atom. The highest BCUT2D eigenvalue weighted by molar-refractivity contribution is 5.69. The fraction of sp³-hybridized carbons (Fsp3) is 0.667. The van der Waals surface area contributed by atoms with Gasteiger partial charge in [0.05, 0.1) is 7.11 Å². The van der Waals surface area contributed by atoms with Gasteiger partial charge in [0.1, 0.15) is 5.60 Å². The number of carbonyl (C=O) groups excluding carboxylic acids is 2. The maximum atomic E-state index is 12.3. The Labute approximate surface area is 180 Å². The lowest BCUT2D eigenvalue weighted by Gasteiger charge is -2.37. The number of benzene rings is 1. The van der Waals surface area contributed by atoms with Crippen molar-refractivity contribution >= 4 is 17.7 Å². The van der Waals surface area contributed by atoms with E-state index in [0.29, 0.717) is 18.3 Å². The first-order valence-electron chi connectivity index (χ1n) is 11.1. The summed E-state index contributed by atoms with van der Waals surface area (Å²) in [5.74, 6) is 1.06. The number of likely N-dealkylation sites (tertiary alicyclic amines) is 1. The van der Waals surface area contributed by atoms with Gasteiger partial charge in [0, 0.05) is 31.7 Å². The molecular formula is C24H36N2O4. The summed E-state index contributed by atoms with van der Waals surface area (Å²) >= 11 is 0. The number of rotatable bonds is 5. The lowest BCUT2D eigenvalue weighted by Crippen LogP contribution is -2.42. The first-order valence-corrected chi connectivity index (χ1v) is 11.1. The van der Waals surface area contributed by atoms with E-state index in [1.54, 1.807) is 0 Å². The molecule has 166 valence electrons. The molecule has 6 nitrogen and oxygen atoms in total. The van der Waals surface area contributed by atoms with Gasteiger partial charge in [0.2, 0.25) is 0 Å². The van der Waals surface area contributed by atoms with Crippen molar-refractivity contribution < 1.29 is 19.1 Å². The van der Waals surface area contributed by atoms with Gasteiger partial charge in [-0.1, -0.05) is 18.2 Å². The van der Waals surface area contributed by atoms with Gasteiger partial charge in [-0.15, -0.1) is 0 Å². The normalized spacial score (nSPS) is 20.7. The zero-order chi connectivity index (χ0) is 21.7. The number of carbonyl (C=O) groups is 2. The molecule has 2 aliphatic heterocycles. The third-order valence-corrected chi connectivity index (χ3v) is 6.28. The van der Waals surface area contributed by atoms with Gasteiger partial charge >= 0.3 is 12.1 Å². The number of ether oxygens (including phenoxy) is 2. The number of amides is 1. The van der Waals surface area contributed by atoms with Crippen LogP contribution in [0.2, 0.25) is 0 Å². The minimum atomic E-state index is -0.468. The fourth-order valence-corrected chi connectivity index (χ4v) is 4.65. The second kappa shape index (κ2) is 9.71. The summed E-state index contributed by atoms with van der Waals surface area (Å²) < 4.78 is 10.5. The maximum Gasteiger partial charge on any atom is 0.410 e. The van der Waals surface area contributed by atoms with Crippen LogP contribution in [0.5, 0.6) is 0 Å². The van der Waals surface area contributed by atoms with Gasteiger partial charge in [-0.25, -0.2) is 4.79 Å². The van der Waals surface area contributed by atoms with Crippen molar-refractivity contribution in [3.05, 3.63) is 29.8 Å². The van der Waals surface area contributed by atoms with Crippen LogP contribution < -0.4 is 5.32 Å². The zero-order valence-corrected chi connectivity index (χ0v) is 18.8. The van der Waals surface area contributed by atoms with E-state index >= 15 is 0 Å². The Morgan fingerprint density at radius 1 is 1.20 bits per heavy atom. The molecule has 1 unspecified atom stereocenters. The van der Waals surface area contributed by atoms with E-state index in [1.165, 1.54) is 18.4 Å². The fourth-order valence-electron chi connectivity index (χ4n) is 4.65. The smallest absolute Gasteiger partial charge is 0.410 e. The molecule has 1 amide bonds. The average molecular weight is 417 g/mol. The molecule has 0 spiro atoms. The van der Waals surface area contributed by atoms with Gasteiger partial charge in [0.25, 0.3) is 0 Å². The largest absolute Gasteiger partial charge is 0.469 e. The molecule has 1 N–H and O–H groups in total. The Morgan fingerprint density at radius 2 is 1.90 bits per heavy atom. The predicted molar refractivity (Wildman–Crippen MR) is 117 cm³/mol. The SMILES string of the molecule is COC(=O)C[C@H](CC1CCN(C(=O)OC(C)(C)C)CC1)C1CNc2ccccc2C1. The lowest BCUT2D eigenvalue weighted by molar-refractivity contribution is -0.142. The maximum absolute atomic E-state index is 12.3. The van der Waals surface area contributed by atoms with Gasteiger partial charge in [-0.3, -0.25) is 4.79 Å². The number of hydrogen-bond acceptors (Lipinski definition) is 5. The first kappa shape index (κ1) is 22.4. The van der Waals surface area contributed by atoms with Gasteiger partial charge in [-0.2, -0.15) is 0 Å². The van der Waals surface area contributed by atoms with Crippen LogP contribution in [0, 0.1) is 17.8 Å². The number of esters is 1. The second-order valence-corrected chi connectivity index (χ2v) is 9.69. The molecule has 0 saturated carbocycles. The van der Waals surface area contributed by atoms with E-state index in [-0.39, 0.29) is 18.0 Å². The number of fused-ring (bicyclic) bond motifs is 1. The van der Waals surface area contributed by atoms with Gasteiger partial charge < -0.3 is 19.7 Å². The second-order valence-electron chi connectivity index (χ2n) is 9.69. The van der Waals surface area contributed by atoms with E-state index in [4.69, 9.17) is 9.47 Å². The number of methoxy groups -OCH3 is 1. The standard InChI is InChI=1S/C24H36N2O4/c1-24(2,3)30-23(28)26-11-9-17(10-12-26)13-19(15-22(27)29-4)20-14-18-7-5-6-8-21(18)25-16-20/h5-8,17,19-20,25H,9-16H2,1-4H3/t19-,20?/m0/s1. The van der Waals surface area contributed by atoms with Crippen LogP contribution >= 0.6 is 0 Å². The van der Waals surface area contributed by atoms with Gasteiger partial charge in [0.15, 0.2) is 0 Å².